The highest BCUT2D eigenvalue weighted by Gasteiger charge is 2.26. The molecule has 1 saturated heterocycles. The van der Waals surface area contributed by atoms with Crippen LogP contribution < -0.4 is 14.8 Å². The van der Waals surface area contributed by atoms with E-state index < -0.39 is 10.0 Å². The van der Waals surface area contributed by atoms with Crippen LogP contribution in [0.2, 0.25) is 0 Å². The fraction of sp³-hybridized carbons (Fsp3) is 0.632. The molecule has 1 amide bonds. The fourth-order valence-corrected chi connectivity index (χ4v) is 5.11. The van der Waals surface area contributed by atoms with Gasteiger partial charge in [-0.1, -0.05) is 12.8 Å². The molecule has 0 spiro atoms. The number of morpholine rings is 1. The first-order valence-corrected chi connectivity index (χ1v) is 11.3. The van der Waals surface area contributed by atoms with Crippen molar-refractivity contribution in [2.24, 2.45) is 0 Å². The Labute approximate surface area is 166 Å². The Bertz CT molecular complexity index is 772. The molecule has 1 aromatic rings. The molecule has 0 unspecified atom stereocenters. The summed E-state index contributed by atoms with van der Waals surface area (Å²) in [6, 6.07) is 4.44. The summed E-state index contributed by atoms with van der Waals surface area (Å²) in [6.45, 7) is 4.36. The van der Waals surface area contributed by atoms with Crippen LogP contribution in [0.3, 0.4) is 0 Å². The lowest BCUT2D eigenvalue weighted by atomic mass is 10.2. The van der Waals surface area contributed by atoms with E-state index in [1.807, 2.05) is 0 Å². The number of hydrogen-bond donors (Lipinski definition) is 2. The molecule has 9 heteroatoms. The van der Waals surface area contributed by atoms with Crippen molar-refractivity contribution in [3.05, 3.63) is 23.8 Å². The van der Waals surface area contributed by atoms with E-state index in [2.05, 4.69) is 14.9 Å². The van der Waals surface area contributed by atoms with Crippen LogP contribution in [0, 0.1) is 0 Å². The van der Waals surface area contributed by atoms with Crippen molar-refractivity contribution >= 4 is 15.9 Å². The number of amides is 1. The maximum absolute atomic E-state index is 12.8. The van der Waals surface area contributed by atoms with E-state index in [9.17, 15) is 13.2 Å². The first-order chi connectivity index (χ1) is 13.5. The summed E-state index contributed by atoms with van der Waals surface area (Å²) in [5, 5.41) is 2.86. The molecule has 2 aliphatic rings. The molecular weight excluding hydrogens is 382 g/mol. The third-order valence-corrected chi connectivity index (χ3v) is 6.75. The van der Waals surface area contributed by atoms with Gasteiger partial charge >= 0.3 is 0 Å². The van der Waals surface area contributed by atoms with Crippen molar-refractivity contribution in [2.75, 3.05) is 46.5 Å². The maximum Gasteiger partial charge on any atom is 0.251 e. The second-order valence-electron chi connectivity index (χ2n) is 7.18. The van der Waals surface area contributed by atoms with Gasteiger partial charge in [-0.15, -0.1) is 0 Å². The molecule has 2 fully saturated rings. The van der Waals surface area contributed by atoms with Gasteiger partial charge < -0.3 is 14.8 Å². The molecule has 0 atom stereocenters. The first kappa shape index (κ1) is 21.0. The fourth-order valence-electron chi connectivity index (χ4n) is 3.61. The Balaban J connectivity index is 1.66. The number of carbonyl (C=O) groups is 1. The zero-order chi connectivity index (χ0) is 20.0. The Morgan fingerprint density at radius 2 is 1.96 bits per heavy atom. The lowest BCUT2D eigenvalue weighted by Gasteiger charge is -2.26. The van der Waals surface area contributed by atoms with Crippen LogP contribution in [-0.4, -0.2) is 71.8 Å². The number of methoxy groups -OCH3 is 1. The summed E-state index contributed by atoms with van der Waals surface area (Å²) in [7, 11) is -2.33. The highest BCUT2D eigenvalue weighted by atomic mass is 32.2. The number of nitrogens with zero attached hydrogens (tertiary/aromatic N) is 1. The zero-order valence-electron chi connectivity index (χ0n) is 16.3. The van der Waals surface area contributed by atoms with Crippen molar-refractivity contribution < 1.29 is 22.7 Å². The summed E-state index contributed by atoms with van der Waals surface area (Å²) < 4.78 is 38.9. The van der Waals surface area contributed by atoms with E-state index >= 15 is 0 Å². The number of carbonyl (C=O) groups excluding carboxylic acids is 1. The normalized spacial score (nSPS) is 18.9. The van der Waals surface area contributed by atoms with Crippen LogP contribution in [0.25, 0.3) is 0 Å². The minimum absolute atomic E-state index is 0.00253. The van der Waals surface area contributed by atoms with Crippen LogP contribution in [0.1, 0.15) is 36.0 Å². The third kappa shape index (κ3) is 5.44. The van der Waals surface area contributed by atoms with E-state index in [4.69, 9.17) is 9.47 Å². The topological polar surface area (TPSA) is 97.0 Å². The number of ether oxygens (including phenoxy) is 2. The molecule has 156 valence electrons. The molecular formula is C19H29N3O5S. The Morgan fingerprint density at radius 1 is 1.25 bits per heavy atom. The average Bonchev–Trinajstić information content (AvgIpc) is 3.20. The number of benzene rings is 1. The summed E-state index contributed by atoms with van der Waals surface area (Å²) in [5.74, 6) is -0.0661. The molecule has 0 bridgehead atoms. The van der Waals surface area contributed by atoms with Gasteiger partial charge in [0.1, 0.15) is 10.6 Å². The average molecular weight is 412 g/mol. The van der Waals surface area contributed by atoms with Gasteiger partial charge in [0.2, 0.25) is 10.0 Å². The Morgan fingerprint density at radius 3 is 2.64 bits per heavy atom. The summed E-state index contributed by atoms with van der Waals surface area (Å²) in [6.07, 6.45) is 3.72. The first-order valence-electron chi connectivity index (χ1n) is 9.78. The van der Waals surface area contributed by atoms with Crippen molar-refractivity contribution in [3.8, 4) is 5.75 Å². The van der Waals surface area contributed by atoms with Crippen LogP contribution in [0.5, 0.6) is 5.75 Å². The minimum Gasteiger partial charge on any atom is -0.495 e. The Hall–Kier alpha value is -1.68. The maximum atomic E-state index is 12.8. The van der Waals surface area contributed by atoms with Crippen molar-refractivity contribution in [3.63, 3.8) is 0 Å². The molecule has 1 aliphatic carbocycles. The quantitative estimate of drug-likeness (QED) is 0.662. The summed E-state index contributed by atoms with van der Waals surface area (Å²) in [4.78, 5) is 14.7. The van der Waals surface area contributed by atoms with Crippen LogP contribution in [-0.2, 0) is 14.8 Å². The van der Waals surface area contributed by atoms with E-state index in [-0.39, 0.29) is 22.6 Å². The van der Waals surface area contributed by atoms with Gasteiger partial charge in [-0.25, -0.2) is 13.1 Å². The lowest BCUT2D eigenvalue weighted by molar-refractivity contribution is 0.0383. The van der Waals surface area contributed by atoms with E-state index in [0.717, 1.165) is 45.3 Å². The monoisotopic (exact) mass is 411 g/mol. The minimum atomic E-state index is -3.76. The predicted octanol–water partition coefficient (Wildman–Crippen LogP) is 0.978. The van der Waals surface area contributed by atoms with Gasteiger partial charge in [0, 0.05) is 37.8 Å². The SMILES string of the molecule is COc1ccc(C(=O)NCCN2CCOCC2)cc1S(=O)(=O)NC1CCCC1. The molecule has 2 N–H and O–H groups in total. The molecule has 28 heavy (non-hydrogen) atoms. The molecule has 1 saturated carbocycles. The van der Waals surface area contributed by atoms with Crippen LogP contribution in [0.4, 0.5) is 0 Å². The van der Waals surface area contributed by atoms with Crippen molar-refractivity contribution in [1.29, 1.82) is 0 Å². The van der Waals surface area contributed by atoms with Crippen molar-refractivity contribution in [1.82, 2.24) is 14.9 Å². The highest BCUT2D eigenvalue weighted by Crippen LogP contribution is 2.27. The second kappa shape index (κ2) is 9.69. The molecule has 0 aromatic heterocycles. The van der Waals surface area contributed by atoms with Gasteiger partial charge in [0.25, 0.3) is 5.91 Å². The predicted molar refractivity (Wildman–Crippen MR) is 105 cm³/mol. The largest absolute Gasteiger partial charge is 0.495 e. The molecule has 0 radical (unpaired) electrons. The lowest BCUT2D eigenvalue weighted by Crippen LogP contribution is -2.41. The zero-order valence-corrected chi connectivity index (χ0v) is 17.1. The molecule has 3 rings (SSSR count). The number of sulfonamides is 1. The highest BCUT2D eigenvalue weighted by molar-refractivity contribution is 7.89. The van der Waals surface area contributed by atoms with Crippen LogP contribution >= 0.6 is 0 Å². The molecule has 8 nitrogen and oxygen atoms in total. The van der Waals surface area contributed by atoms with Crippen LogP contribution in [0.15, 0.2) is 23.1 Å². The Kier molecular flexibility index (Phi) is 7.28. The van der Waals surface area contributed by atoms with E-state index in [0.29, 0.717) is 25.3 Å². The van der Waals surface area contributed by atoms with Gasteiger partial charge in [-0.3, -0.25) is 9.69 Å². The number of rotatable bonds is 8. The van der Waals surface area contributed by atoms with E-state index in [1.54, 1.807) is 6.07 Å². The third-order valence-electron chi connectivity index (χ3n) is 5.21. The molecule has 1 heterocycles. The summed E-state index contributed by atoms with van der Waals surface area (Å²) >= 11 is 0. The van der Waals surface area contributed by atoms with Gasteiger partial charge in [0.05, 0.1) is 20.3 Å². The van der Waals surface area contributed by atoms with Crippen molar-refractivity contribution in [2.45, 2.75) is 36.6 Å². The standard InChI is InChI=1S/C19H29N3O5S/c1-26-17-7-6-15(19(23)20-8-9-22-10-12-27-13-11-22)14-18(17)28(24,25)21-16-4-2-3-5-16/h6-7,14,16,21H,2-5,8-13H2,1H3,(H,20,23). The second-order valence-corrected chi connectivity index (χ2v) is 8.86. The molecule has 1 aliphatic heterocycles. The van der Waals surface area contributed by atoms with Gasteiger partial charge in [0.15, 0.2) is 0 Å². The number of nitrogens with one attached hydrogen (secondary N) is 2. The van der Waals surface area contributed by atoms with Gasteiger partial charge in [-0.2, -0.15) is 0 Å². The van der Waals surface area contributed by atoms with Gasteiger partial charge in [-0.05, 0) is 31.0 Å². The summed E-state index contributed by atoms with van der Waals surface area (Å²) in [5.41, 5.74) is 0.301. The number of hydrogen-bond acceptors (Lipinski definition) is 6. The van der Waals surface area contributed by atoms with E-state index in [1.165, 1.54) is 19.2 Å². The molecule has 1 aromatic carbocycles. The smallest absolute Gasteiger partial charge is 0.251 e.